The standard InChI is InChI=1S/C15H19BrN4S/c1-19(11-14-13(16)10-18-20(14)2)15(21)17-9-8-12-6-4-3-5-7-12/h3-7,10H,8-9,11H2,1-2H3,(H,17,21). The maximum atomic E-state index is 5.42. The molecule has 6 heteroatoms. The third-order valence-electron chi connectivity index (χ3n) is 3.28. The molecule has 0 fully saturated rings. The highest BCUT2D eigenvalue weighted by atomic mass is 79.9. The Morgan fingerprint density at radius 3 is 2.71 bits per heavy atom. The van der Waals surface area contributed by atoms with Gasteiger partial charge in [-0.2, -0.15) is 5.10 Å². The molecule has 0 aliphatic carbocycles. The average Bonchev–Trinajstić information content (AvgIpc) is 2.80. The van der Waals surface area contributed by atoms with Gasteiger partial charge in [0.05, 0.1) is 22.9 Å². The lowest BCUT2D eigenvalue weighted by Gasteiger charge is -2.21. The van der Waals surface area contributed by atoms with E-state index >= 15 is 0 Å². The molecule has 0 spiro atoms. The molecule has 1 heterocycles. The van der Waals surface area contributed by atoms with Crippen LogP contribution in [0.25, 0.3) is 0 Å². The first-order valence-corrected chi connectivity index (χ1v) is 7.97. The van der Waals surface area contributed by atoms with Crippen molar-refractivity contribution in [2.75, 3.05) is 13.6 Å². The van der Waals surface area contributed by atoms with Gasteiger partial charge in [-0.1, -0.05) is 30.3 Å². The molecule has 1 aromatic carbocycles. The smallest absolute Gasteiger partial charge is 0.169 e. The van der Waals surface area contributed by atoms with E-state index in [-0.39, 0.29) is 0 Å². The highest BCUT2D eigenvalue weighted by Crippen LogP contribution is 2.16. The van der Waals surface area contributed by atoms with Gasteiger partial charge < -0.3 is 10.2 Å². The zero-order valence-corrected chi connectivity index (χ0v) is 14.6. The normalized spacial score (nSPS) is 10.4. The van der Waals surface area contributed by atoms with Crippen molar-refractivity contribution in [1.82, 2.24) is 20.0 Å². The fraction of sp³-hybridized carbons (Fsp3) is 0.333. The minimum Gasteiger partial charge on any atom is -0.362 e. The van der Waals surface area contributed by atoms with E-state index in [4.69, 9.17) is 12.2 Å². The molecule has 0 aliphatic heterocycles. The van der Waals surface area contributed by atoms with E-state index in [2.05, 4.69) is 50.6 Å². The van der Waals surface area contributed by atoms with Gasteiger partial charge in [-0.05, 0) is 40.1 Å². The van der Waals surface area contributed by atoms with Crippen LogP contribution in [-0.4, -0.2) is 33.4 Å². The number of nitrogens with zero attached hydrogens (tertiary/aromatic N) is 3. The fourth-order valence-corrected chi connectivity index (χ4v) is 2.64. The van der Waals surface area contributed by atoms with E-state index in [9.17, 15) is 0 Å². The van der Waals surface area contributed by atoms with E-state index in [0.29, 0.717) is 6.54 Å². The Balaban J connectivity index is 1.80. The van der Waals surface area contributed by atoms with Crippen molar-refractivity contribution >= 4 is 33.3 Å². The average molecular weight is 367 g/mol. The Bertz CT molecular complexity index is 577. The summed E-state index contributed by atoms with van der Waals surface area (Å²) < 4.78 is 2.86. The van der Waals surface area contributed by atoms with Crippen LogP contribution in [0.4, 0.5) is 0 Å². The molecule has 1 aromatic heterocycles. The second-order valence-electron chi connectivity index (χ2n) is 4.89. The first-order chi connectivity index (χ1) is 10.1. The van der Waals surface area contributed by atoms with E-state index in [1.165, 1.54) is 5.56 Å². The number of thiocarbonyl (C=S) groups is 1. The summed E-state index contributed by atoms with van der Waals surface area (Å²) in [6.45, 7) is 1.55. The van der Waals surface area contributed by atoms with Crippen LogP contribution in [0.15, 0.2) is 41.0 Å². The summed E-state index contributed by atoms with van der Waals surface area (Å²) in [6.07, 6.45) is 2.76. The Morgan fingerprint density at radius 1 is 1.38 bits per heavy atom. The van der Waals surface area contributed by atoms with Crippen molar-refractivity contribution in [3.63, 3.8) is 0 Å². The molecule has 0 unspecified atom stereocenters. The van der Waals surface area contributed by atoms with Crippen LogP contribution < -0.4 is 5.32 Å². The van der Waals surface area contributed by atoms with Gasteiger partial charge in [-0.15, -0.1) is 0 Å². The van der Waals surface area contributed by atoms with Crippen molar-refractivity contribution in [2.45, 2.75) is 13.0 Å². The third kappa shape index (κ3) is 4.54. The van der Waals surface area contributed by atoms with Gasteiger partial charge >= 0.3 is 0 Å². The monoisotopic (exact) mass is 366 g/mol. The van der Waals surface area contributed by atoms with Gasteiger partial charge in [0.1, 0.15) is 0 Å². The van der Waals surface area contributed by atoms with Gasteiger partial charge in [0.2, 0.25) is 0 Å². The van der Waals surface area contributed by atoms with Gasteiger partial charge in [0, 0.05) is 20.6 Å². The van der Waals surface area contributed by atoms with Crippen molar-refractivity contribution in [3.05, 3.63) is 52.3 Å². The first kappa shape index (κ1) is 16.0. The molecule has 0 atom stereocenters. The van der Waals surface area contributed by atoms with Crippen molar-refractivity contribution in [1.29, 1.82) is 0 Å². The van der Waals surface area contributed by atoms with Crippen LogP contribution >= 0.6 is 28.1 Å². The summed E-state index contributed by atoms with van der Waals surface area (Å²) in [5, 5.41) is 8.25. The maximum Gasteiger partial charge on any atom is 0.169 e. The Labute approximate surface area is 139 Å². The number of hydrogen-bond donors (Lipinski definition) is 1. The second-order valence-corrected chi connectivity index (χ2v) is 6.13. The number of aryl methyl sites for hydroxylation is 1. The lowest BCUT2D eigenvalue weighted by Crippen LogP contribution is -2.38. The molecule has 1 N–H and O–H groups in total. The number of benzene rings is 1. The molecular formula is C15H19BrN4S. The molecule has 0 amide bonds. The Kier molecular flexibility index (Phi) is 5.76. The number of rotatable bonds is 5. The molecule has 0 aliphatic rings. The molecular weight excluding hydrogens is 348 g/mol. The van der Waals surface area contributed by atoms with Crippen LogP contribution in [0, 0.1) is 0 Å². The van der Waals surface area contributed by atoms with Crippen molar-refractivity contribution in [2.24, 2.45) is 7.05 Å². The Morgan fingerprint density at radius 2 is 2.10 bits per heavy atom. The zero-order chi connectivity index (χ0) is 15.2. The number of hydrogen-bond acceptors (Lipinski definition) is 2. The summed E-state index contributed by atoms with van der Waals surface area (Å²) in [4.78, 5) is 2.02. The minimum atomic E-state index is 0.717. The molecule has 0 saturated heterocycles. The fourth-order valence-electron chi connectivity index (χ4n) is 2.00. The summed E-state index contributed by atoms with van der Waals surface area (Å²) in [7, 11) is 3.91. The maximum absolute atomic E-state index is 5.42. The van der Waals surface area contributed by atoms with Crippen LogP contribution in [0.1, 0.15) is 11.3 Å². The molecule has 112 valence electrons. The highest BCUT2D eigenvalue weighted by Gasteiger charge is 2.11. The summed E-state index contributed by atoms with van der Waals surface area (Å²) in [5.74, 6) is 0. The zero-order valence-electron chi connectivity index (χ0n) is 12.2. The number of halogens is 1. The lowest BCUT2D eigenvalue weighted by atomic mass is 10.1. The summed E-state index contributed by atoms with van der Waals surface area (Å²) >= 11 is 8.93. The van der Waals surface area contributed by atoms with Gasteiger partial charge in [0.15, 0.2) is 5.11 Å². The molecule has 21 heavy (non-hydrogen) atoms. The SMILES string of the molecule is CN(Cc1c(Br)cnn1C)C(=S)NCCc1ccccc1. The van der Waals surface area contributed by atoms with Gasteiger partial charge in [0.25, 0.3) is 0 Å². The molecule has 2 rings (SSSR count). The van der Waals surface area contributed by atoms with Crippen molar-refractivity contribution in [3.8, 4) is 0 Å². The lowest BCUT2D eigenvalue weighted by molar-refractivity contribution is 0.465. The van der Waals surface area contributed by atoms with Crippen LogP contribution in [0.5, 0.6) is 0 Å². The third-order valence-corrected chi connectivity index (χ3v) is 4.40. The van der Waals surface area contributed by atoms with E-state index in [0.717, 1.165) is 28.2 Å². The molecule has 4 nitrogen and oxygen atoms in total. The molecule has 0 bridgehead atoms. The predicted molar refractivity (Wildman–Crippen MR) is 93.1 cm³/mol. The van der Waals surface area contributed by atoms with E-state index in [1.807, 2.05) is 29.7 Å². The Hall–Kier alpha value is -1.40. The van der Waals surface area contributed by atoms with Gasteiger partial charge in [-0.3, -0.25) is 4.68 Å². The predicted octanol–water partition coefficient (Wildman–Crippen LogP) is 2.73. The van der Waals surface area contributed by atoms with Crippen LogP contribution in [-0.2, 0) is 20.0 Å². The van der Waals surface area contributed by atoms with Crippen molar-refractivity contribution < 1.29 is 0 Å². The summed E-state index contributed by atoms with van der Waals surface area (Å²) in [5.41, 5.74) is 2.41. The largest absolute Gasteiger partial charge is 0.362 e. The van der Waals surface area contributed by atoms with Crippen LogP contribution in [0.2, 0.25) is 0 Å². The minimum absolute atomic E-state index is 0.717. The second kappa shape index (κ2) is 7.56. The van der Waals surface area contributed by atoms with Crippen LogP contribution in [0.3, 0.4) is 0 Å². The number of nitrogens with one attached hydrogen (secondary N) is 1. The van der Waals surface area contributed by atoms with E-state index in [1.54, 1.807) is 6.20 Å². The summed E-state index contributed by atoms with van der Waals surface area (Å²) in [6, 6.07) is 10.4. The topological polar surface area (TPSA) is 33.1 Å². The van der Waals surface area contributed by atoms with E-state index < -0.39 is 0 Å². The van der Waals surface area contributed by atoms with Gasteiger partial charge in [-0.25, -0.2) is 0 Å². The molecule has 0 saturated carbocycles. The quantitative estimate of drug-likeness (QED) is 0.824. The number of aromatic nitrogens is 2. The molecule has 2 aromatic rings. The highest BCUT2D eigenvalue weighted by molar-refractivity contribution is 9.10. The molecule has 0 radical (unpaired) electrons. The first-order valence-electron chi connectivity index (χ1n) is 6.77.